The number of aromatic nitrogens is 4. The molecule has 0 aliphatic carbocycles. The van der Waals surface area contributed by atoms with Crippen molar-refractivity contribution in [1.29, 1.82) is 0 Å². The fraction of sp³-hybridized carbons (Fsp3) is 0.407. The first-order chi connectivity index (χ1) is 17.3. The number of carbonyl (C=O) groups is 1. The molecular formula is C27H32N6O3. The summed E-state index contributed by atoms with van der Waals surface area (Å²) in [6.07, 6.45) is 4.19. The van der Waals surface area contributed by atoms with Gasteiger partial charge in [0, 0.05) is 43.4 Å². The number of nitrogens with zero attached hydrogens (tertiary/aromatic N) is 6. The normalized spacial score (nSPS) is 14.8. The van der Waals surface area contributed by atoms with Crippen molar-refractivity contribution >= 4 is 17.5 Å². The lowest BCUT2D eigenvalue weighted by molar-refractivity contribution is 0.0765. The van der Waals surface area contributed by atoms with E-state index in [0.717, 1.165) is 41.4 Å². The van der Waals surface area contributed by atoms with Crippen LogP contribution in [0.2, 0.25) is 0 Å². The Morgan fingerprint density at radius 2 is 1.83 bits per heavy atom. The Morgan fingerprint density at radius 3 is 2.53 bits per heavy atom. The Hall–Kier alpha value is -3.88. The maximum atomic E-state index is 13.5. The van der Waals surface area contributed by atoms with E-state index in [1.807, 2.05) is 48.4 Å². The van der Waals surface area contributed by atoms with Crippen molar-refractivity contribution in [3.8, 4) is 16.9 Å². The summed E-state index contributed by atoms with van der Waals surface area (Å²) < 4.78 is 13.1. The molecule has 0 saturated carbocycles. The molecule has 9 nitrogen and oxygen atoms in total. The zero-order chi connectivity index (χ0) is 25.4. The van der Waals surface area contributed by atoms with Crippen LogP contribution in [0.15, 0.2) is 47.3 Å². The molecule has 36 heavy (non-hydrogen) atoms. The van der Waals surface area contributed by atoms with Gasteiger partial charge in [0.25, 0.3) is 11.7 Å². The number of anilines is 1. The minimum Gasteiger partial charge on any atom is -0.497 e. The summed E-state index contributed by atoms with van der Waals surface area (Å²) in [6, 6.07) is 9.82. The highest BCUT2D eigenvalue weighted by atomic mass is 16.5. The van der Waals surface area contributed by atoms with Gasteiger partial charge in [0.2, 0.25) is 0 Å². The molecule has 1 aromatic carbocycles. The van der Waals surface area contributed by atoms with Gasteiger partial charge in [-0.1, -0.05) is 32.9 Å². The second-order valence-corrected chi connectivity index (χ2v) is 10.2. The first-order valence-electron chi connectivity index (χ1n) is 12.2. The summed E-state index contributed by atoms with van der Waals surface area (Å²) >= 11 is 0. The second-order valence-electron chi connectivity index (χ2n) is 10.2. The Labute approximate surface area is 210 Å². The third-order valence-corrected chi connectivity index (χ3v) is 6.65. The van der Waals surface area contributed by atoms with Gasteiger partial charge in [-0.3, -0.25) is 4.79 Å². The average molecular weight is 489 g/mol. The van der Waals surface area contributed by atoms with E-state index in [2.05, 4.69) is 40.7 Å². The summed E-state index contributed by atoms with van der Waals surface area (Å²) in [5, 5.41) is 4.47. The summed E-state index contributed by atoms with van der Waals surface area (Å²) in [6.45, 7) is 10.8. The van der Waals surface area contributed by atoms with Crippen LogP contribution in [0.4, 0.5) is 5.82 Å². The van der Waals surface area contributed by atoms with Gasteiger partial charge in [-0.25, -0.2) is 4.98 Å². The highest BCUT2D eigenvalue weighted by Gasteiger charge is 2.28. The predicted octanol–water partition coefficient (Wildman–Crippen LogP) is 4.35. The van der Waals surface area contributed by atoms with E-state index in [0.29, 0.717) is 36.7 Å². The number of ether oxygens (including phenoxy) is 1. The van der Waals surface area contributed by atoms with Crippen LogP contribution in [0.1, 0.15) is 49.1 Å². The molecule has 188 valence electrons. The van der Waals surface area contributed by atoms with E-state index in [1.54, 1.807) is 11.6 Å². The largest absolute Gasteiger partial charge is 0.497 e. The number of fused-ring (bicyclic) bond motifs is 1. The lowest BCUT2D eigenvalue weighted by atomic mass is 9.93. The van der Waals surface area contributed by atoms with Gasteiger partial charge in [0.1, 0.15) is 29.4 Å². The van der Waals surface area contributed by atoms with Crippen LogP contribution in [0.3, 0.4) is 0 Å². The molecule has 0 unspecified atom stereocenters. The number of benzene rings is 1. The van der Waals surface area contributed by atoms with Gasteiger partial charge in [-0.05, 0) is 37.1 Å². The number of furan rings is 1. The van der Waals surface area contributed by atoms with Gasteiger partial charge < -0.3 is 19.0 Å². The third kappa shape index (κ3) is 4.41. The molecule has 1 fully saturated rings. The maximum absolute atomic E-state index is 13.5. The van der Waals surface area contributed by atoms with Crippen LogP contribution in [-0.2, 0) is 5.41 Å². The number of carbonyl (C=O) groups excluding carboxylic acids is 1. The van der Waals surface area contributed by atoms with Crippen molar-refractivity contribution in [2.24, 2.45) is 0 Å². The summed E-state index contributed by atoms with van der Waals surface area (Å²) in [5.74, 6) is 3.78. The molecule has 1 saturated heterocycles. The lowest BCUT2D eigenvalue weighted by Crippen LogP contribution is -2.36. The number of methoxy groups -OCH3 is 1. The fourth-order valence-electron chi connectivity index (χ4n) is 4.61. The van der Waals surface area contributed by atoms with Gasteiger partial charge in [0.05, 0.1) is 12.7 Å². The van der Waals surface area contributed by atoms with Crippen molar-refractivity contribution in [3.63, 3.8) is 0 Å². The first kappa shape index (κ1) is 23.8. The molecule has 0 spiro atoms. The molecule has 0 atom stereocenters. The Bertz CT molecular complexity index is 1380. The molecular weight excluding hydrogens is 456 g/mol. The highest BCUT2D eigenvalue weighted by Crippen LogP contribution is 2.33. The number of rotatable bonds is 4. The monoisotopic (exact) mass is 488 g/mol. The molecule has 1 aliphatic heterocycles. The van der Waals surface area contributed by atoms with E-state index in [9.17, 15) is 4.79 Å². The molecule has 5 rings (SSSR count). The fourth-order valence-corrected chi connectivity index (χ4v) is 4.61. The summed E-state index contributed by atoms with van der Waals surface area (Å²) in [7, 11) is 1.66. The molecule has 0 radical (unpaired) electrons. The number of aryl methyl sites for hydroxylation is 1. The molecule has 1 aliphatic rings. The topological polar surface area (TPSA) is 89.0 Å². The second kappa shape index (κ2) is 9.29. The maximum Gasteiger partial charge on any atom is 0.257 e. The number of hydrogen-bond acceptors (Lipinski definition) is 7. The Morgan fingerprint density at radius 1 is 1.06 bits per heavy atom. The zero-order valence-electron chi connectivity index (χ0n) is 21.5. The smallest absolute Gasteiger partial charge is 0.257 e. The quantitative estimate of drug-likeness (QED) is 0.422. The minimum absolute atomic E-state index is 0.0182. The number of hydrogen-bond donors (Lipinski definition) is 0. The van der Waals surface area contributed by atoms with E-state index >= 15 is 0 Å². The predicted molar refractivity (Wildman–Crippen MR) is 138 cm³/mol. The van der Waals surface area contributed by atoms with Crippen LogP contribution in [0, 0.1) is 6.92 Å². The molecule has 0 N–H and O–H groups in total. The molecule has 9 heteroatoms. The van der Waals surface area contributed by atoms with Crippen molar-refractivity contribution in [2.45, 2.75) is 39.5 Å². The van der Waals surface area contributed by atoms with Crippen LogP contribution < -0.4 is 9.64 Å². The van der Waals surface area contributed by atoms with E-state index < -0.39 is 0 Å². The van der Waals surface area contributed by atoms with Crippen molar-refractivity contribution in [2.75, 3.05) is 38.2 Å². The molecule has 3 aromatic heterocycles. The van der Waals surface area contributed by atoms with Gasteiger partial charge >= 0.3 is 0 Å². The molecule has 0 bridgehead atoms. The number of amides is 1. The minimum atomic E-state index is -0.152. The van der Waals surface area contributed by atoms with Crippen LogP contribution >= 0.6 is 0 Å². The van der Waals surface area contributed by atoms with Crippen LogP contribution in [0.25, 0.3) is 16.9 Å². The van der Waals surface area contributed by atoms with Crippen molar-refractivity contribution < 1.29 is 13.9 Å². The zero-order valence-corrected chi connectivity index (χ0v) is 21.5. The highest BCUT2D eigenvalue weighted by molar-refractivity contribution is 5.95. The van der Waals surface area contributed by atoms with Crippen LogP contribution in [0.5, 0.6) is 5.75 Å². The first-order valence-corrected chi connectivity index (χ1v) is 12.2. The molecule has 1 amide bonds. The van der Waals surface area contributed by atoms with Crippen molar-refractivity contribution in [1.82, 2.24) is 24.5 Å². The van der Waals surface area contributed by atoms with E-state index in [4.69, 9.17) is 9.15 Å². The summed E-state index contributed by atoms with van der Waals surface area (Å²) in [4.78, 5) is 26.5. The third-order valence-electron chi connectivity index (χ3n) is 6.65. The van der Waals surface area contributed by atoms with Gasteiger partial charge in [0.15, 0.2) is 0 Å². The SMILES string of the molecule is COc1ccc(-c2cnc3ncnn3c2N2CCCN(C(=O)c3cc(C(C)(C)C)oc3C)CC2)cc1. The van der Waals surface area contributed by atoms with Gasteiger partial charge in [-0.15, -0.1) is 0 Å². The molecule has 4 aromatic rings. The Kier molecular flexibility index (Phi) is 6.15. The van der Waals surface area contributed by atoms with E-state index in [-0.39, 0.29) is 11.3 Å². The standard InChI is InChI=1S/C27H32N6O3/c1-18-21(15-23(36-18)27(2,3)4)25(34)32-12-6-11-31(13-14-32)24-22(16-28-26-29-17-30-33(24)26)19-7-9-20(35-5)10-8-19/h7-10,15-17H,6,11-14H2,1-5H3. The summed E-state index contributed by atoms with van der Waals surface area (Å²) in [5.41, 5.74) is 2.46. The molecule has 4 heterocycles. The Balaban J connectivity index is 1.44. The van der Waals surface area contributed by atoms with Gasteiger partial charge in [-0.2, -0.15) is 14.6 Å². The van der Waals surface area contributed by atoms with Crippen molar-refractivity contribution in [3.05, 3.63) is 59.9 Å². The van der Waals surface area contributed by atoms with E-state index in [1.165, 1.54) is 6.33 Å². The average Bonchev–Trinajstić information content (AvgIpc) is 3.43. The van der Waals surface area contributed by atoms with Crippen LogP contribution in [-0.4, -0.2) is 63.7 Å². The lowest BCUT2D eigenvalue weighted by Gasteiger charge is -2.26.